The summed E-state index contributed by atoms with van der Waals surface area (Å²) in [6, 6.07) is 18.3. The molecule has 2 aromatic carbocycles. The summed E-state index contributed by atoms with van der Waals surface area (Å²) >= 11 is 0. The Morgan fingerprint density at radius 1 is 1.00 bits per heavy atom. The number of fused-ring (bicyclic) bond motifs is 2. The molecule has 28 heavy (non-hydrogen) atoms. The third-order valence-electron chi connectivity index (χ3n) is 6.89. The van der Waals surface area contributed by atoms with E-state index in [1.165, 1.54) is 67.5 Å². The van der Waals surface area contributed by atoms with Gasteiger partial charge < -0.3 is 15.2 Å². The van der Waals surface area contributed by atoms with E-state index in [9.17, 15) is 0 Å². The van der Waals surface area contributed by atoms with Gasteiger partial charge in [0, 0.05) is 22.6 Å². The largest absolute Gasteiger partial charge is 0.358 e. The van der Waals surface area contributed by atoms with E-state index in [2.05, 4.69) is 70.7 Å². The van der Waals surface area contributed by atoms with Gasteiger partial charge in [-0.3, -0.25) is 0 Å². The number of H-pyrrole nitrogens is 1. The van der Waals surface area contributed by atoms with Gasteiger partial charge in [-0.05, 0) is 87.5 Å². The molecule has 2 N–H and O–H groups in total. The maximum absolute atomic E-state index is 3.74. The molecule has 0 aliphatic carbocycles. The van der Waals surface area contributed by atoms with Crippen LogP contribution in [0.2, 0.25) is 0 Å². The van der Waals surface area contributed by atoms with Crippen molar-refractivity contribution in [2.45, 2.75) is 44.6 Å². The highest BCUT2D eigenvalue weighted by molar-refractivity contribution is 5.85. The van der Waals surface area contributed by atoms with Crippen molar-refractivity contribution >= 4 is 10.9 Å². The van der Waals surface area contributed by atoms with E-state index in [0.717, 1.165) is 6.54 Å². The molecule has 3 heteroatoms. The Morgan fingerprint density at radius 3 is 2.68 bits per heavy atom. The molecular formula is C25H31N3. The van der Waals surface area contributed by atoms with Crippen LogP contribution in [0.4, 0.5) is 0 Å². The molecule has 1 saturated heterocycles. The number of hydrogen-bond donors (Lipinski definition) is 2. The molecule has 146 valence electrons. The number of benzene rings is 2. The van der Waals surface area contributed by atoms with E-state index in [0.29, 0.717) is 12.0 Å². The van der Waals surface area contributed by atoms with Crippen LogP contribution in [0.3, 0.4) is 0 Å². The summed E-state index contributed by atoms with van der Waals surface area (Å²) in [7, 11) is 0. The van der Waals surface area contributed by atoms with Gasteiger partial charge in [-0.2, -0.15) is 0 Å². The minimum atomic E-state index is 0.526. The fourth-order valence-corrected chi connectivity index (χ4v) is 5.43. The van der Waals surface area contributed by atoms with Crippen molar-refractivity contribution in [1.82, 2.24) is 15.2 Å². The average molecular weight is 374 g/mol. The number of aryl methyl sites for hydroxylation is 1. The molecule has 0 bridgehead atoms. The van der Waals surface area contributed by atoms with Gasteiger partial charge in [0.2, 0.25) is 0 Å². The number of aromatic amines is 1. The normalized spacial score (nSPS) is 21.1. The molecule has 2 aliphatic heterocycles. The highest BCUT2D eigenvalue weighted by Gasteiger charge is 2.25. The maximum Gasteiger partial charge on any atom is 0.0458 e. The first-order chi connectivity index (χ1) is 13.8. The molecule has 0 amide bonds. The average Bonchev–Trinajstić information content (AvgIpc) is 3.08. The summed E-state index contributed by atoms with van der Waals surface area (Å²) < 4.78 is 0. The Kier molecular flexibility index (Phi) is 4.96. The van der Waals surface area contributed by atoms with Crippen LogP contribution < -0.4 is 5.32 Å². The summed E-state index contributed by atoms with van der Waals surface area (Å²) in [5.41, 5.74) is 7.29. The standard InChI is InChI=1S/C25H31N3/c1-18-25(22-8-4-5-9-24(22)27-18)20-11-15-28(16-12-20)17-13-23-21-7-3-2-6-19(21)10-14-26-23/h2-9,20,23,26-27H,10-17H2,1H3. The van der Waals surface area contributed by atoms with Crippen molar-refractivity contribution in [3.05, 3.63) is 70.9 Å². The lowest BCUT2D eigenvalue weighted by molar-refractivity contribution is 0.201. The van der Waals surface area contributed by atoms with Crippen LogP contribution in [-0.2, 0) is 6.42 Å². The molecule has 5 rings (SSSR count). The highest BCUT2D eigenvalue weighted by atomic mass is 15.1. The van der Waals surface area contributed by atoms with E-state index >= 15 is 0 Å². The minimum Gasteiger partial charge on any atom is -0.358 e. The number of aromatic nitrogens is 1. The fraction of sp³-hybridized carbons (Fsp3) is 0.440. The van der Waals surface area contributed by atoms with Gasteiger partial charge in [-0.15, -0.1) is 0 Å². The Balaban J connectivity index is 1.21. The van der Waals surface area contributed by atoms with Crippen molar-refractivity contribution in [2.75, 3.05) is 26.2 Å². The Hall–Kier alpha value is -2.10. The molecule has 0 spiro atoms. The summed E-state index contributed by atoms with van der Waals surface area (Å²) in [5.74, 6) is 0.695. The van der Waals surface area contributed by atoms with Gasteiger partial charge in [0.25, 0.3) is 0 Å². The lowest BCUT2D eigenvalue weighted by atomic mass is 9.87. The molecule has 3 aromatic rings. The van der Waals surface area contributed by atoms with E-state index in [1.807, 2.05) is 0 Å². The second-order valence-corrected chi connectivity index (χ2v) is 8.57. The van der Waals surface area contributed by atoms with E-state index < -0.39 is 0 Å². The number of likely N-dealkylation sites (tertiary alicyclic amines) is 1. The predicted octanol–water partition coefficient (Wildman–Crippen LogP) is 4.93. The van der Waals surface area contributed by atoms with Gasteiger partial charge in [0.1, 0.15) is 0 Å². The zero-order valence-electron chi connectivity index (χ0n) is 16.9. The zero-order valence-corrected chi connectivity index (χ0v) is 16.9. The number of nitrogens with zero attached hydrogens (tertiary/aromatic N) is 1. The van der Waals surface area contributed by atoms with Crippen LogP contribution in [0.15, 0.2) is 48.5 Å². The van der Waals surface area contributed by atoms with Crippen LogP contribution in [-0.4, -0.2) is 36.1 Å². The van der Waals surface area contributed by atoms with Crippen molar-refractivity contribution < 1.29 is 0 Å². The quantitative estimate of drug-likeness (QED) is 0.679. The molecular weight excluding hydrogens is 342 g/mol. The van der Waals surface area contributed by atoms with Crippen molar-refractivity contribution in [2.24, 2.45) is 0 Å². The summed E-state index contributed by atoms with van der Waals surface area (Å²) in [5, 5.41) is 5.17. The van der Waals surface area contributed by atoms with Gasteiger partial charge in [-0.25, -0.2) is 0 Å². The van der Waals surface area contributed by atoms with E-state index in [4.69, 9.17) is 0 Å². The van der Waals surface area contributed by atoms with Gasteiger partial charge >= 0.3 is 0 Å². The van der Waals surface area contributed by atoms with Gasteiger partial charge in [0.15, 0.2) is 0 Å². The first kappa shape index (κ1) is 18.0. The van der Waals surface area contributed by atoms with Gasteiger partial charge in [0.05, 0.1) is 0 Å². The van der Waals surface area contributed by atoms with Crippen LogP contribution in [0.25, 0.3) is 10.9 Å². The zero-order chi connectivity index (χ0) is 18.9. The number of piperidine rings is 1. The molecule has 1 fully saturated rings. The van der Waals surface area contributed by atoms with Crippen molar-refractivity contribution in [3.63, 3.8) is 0 Å². The summed E-state index contributed by atoms with van der Waals surface area (Å²) in [6.07, 6.45) is 4.94. The van der Waals surface area contributed by atoms with Crippen molar-refractivity contribution in [1.29, 1.82) is 0 Å². The smallest absolute Gasteiger partial charge is 0.0458 e. The lowest BCUT2D eigenvalue weighted by Crippen LogP contribution is -2.37. The number of nitrogens with one attached hydrogen (secondary N) is 2. The lowest BCUT2D eigenvalue weighted by Gasteiger charge is -2.34. The Labute approximate surface area is 168 Å². The molecule has 0 radical (unpaired) electrons. The minimum absolute atomic E-state index is 0.526. The summed E-state index contributed by atoms with van der Waals surface area (Å²) in [4.78, 5) is 6.27. The Bertz CT molecular complexity index is 949. The second kappa shape index (κ2) is 7.73. The molecule has 1 atom stereocenters. The van der Waals surface area contributed by atoms with E-state index in [1.54, 1.807) is 11.1 Å². The first-order valence-electron chi connectivity index (χ1n) is 10.9. The molecule has 1 unspecified atom stereocenters. The summed E-state index contributed by atoms with van der Waals surface area (Å²) in [6.45, 7) is 7.00. The molecule has 2 aliphatic rings. The number of para-hydroxylation sites is 1. The third kappa shape index (κ3) is 3.38. The monoisotopic (exact) mass is 373 g/mol. The number of hydrogen-bond acceptors (Lipinski definition) is 2. The van der Waals surface area contributed by atoms with E-state index in [-0.39, 0.29) is 0 Å². The molecule has 3 heterocycles. The molecule has 3 nitrogen and oxygen atoms in total. The molecule has 0 saturated carbocycles. The third-order valence-corrected chi connectivity index (χ3v) is 6.89. The highest BCUT2D eigenvalue weighted by Crippen LogP contribution is 2.36. The van der Waals surface area contributed by atoms with Crippen LogP contribution >= 0.6 is 0 Å². The second-order valence-electron chi connectivity index (χ2n) is 8.57. The SMILES string of the molecule is Cc1[nH]c2ccccc2c1C1CCN(CCC2NCCc3ccccc32)CC1. The van der Waals surface area contributed by atoms with Crippen LogP contribution in [0.5, 0.6) is 0 Å². The van der Waals surface area contributed by atoms with Gasteiger partial charge in [-0.1, -0.05) is 42.5 Å². The Morgan fingerprint density at radius 2 is 1.79 bits per heavy atom. The topological polar surface area (TPSA) is 31.1 Å². The van der Waals surface area contributed by atoms with Crippen LogP contribution in [0.1, 0.15) is 53.6 Å². The predicted molar refractivity (Wildman–Crippen MR) is 117 cm³/mol. The fourth-order valence-electron chi connectivity index (χ4n) is 5.43. The number of rotatable bonds is 4. The maximum atomic E-state index is 3.74. The van der Waals surface area contributed by atoms with Crippen molar-refractivity contribution in [3.8, 4) is 0 Å². The first-order valence-corrected chi connectivity index (χ1v) is 10.9. The van der Waals surface area contributed by atoms with Crippen LogP contribution in [0, 0.1) is 6.92 Å². The molecule has 1 aromatic heterocycles.